The first-order chi connectivity index (χ1) is 7.69. The number of carbonyl (C=O) groups excluding carboxylic acids is 2. The van der Waals surface area contributed by atoms with Gasteiger partial charge in [-0.15, -0.1) is 0 Å². The molecule has 0 radical (unpaired) electrons. The SMILES string of the molecule is C=CC(=O)N[C@@H](C(=O)OC)c1ccccc1. The zero-order valence-corrected chi connectivity index (χ0v) is 8.97. The maximum Gasteiger partial charge on any atom is 0.333 e. The van der Waals surface area contributed by atoms with Gasteiger partial charge in [0.05, 0.1) is 7.11 Å². The number of rotatable bonds is 4. The Balaban J connectivity index is 2.92. The Morgan fingerprint density at radius 3 is 2.50 bits per heavy atom. The lowest BCUT2D eigenvalue weighted by Crippen LogP contribution is -2.33. The highest BCUT2D eigenvalue weighted by atomic mass is 16.5. The highest BCUT2D eigenvalue weighted by molar-refractivity contribution is 5.91. The summed E-state index contributed by atoms with van der Waals surface area (Å²) in [7, 11) is 1.28. The summed E-state index contributed by atoms with van der Waals surface area (Å²) < 4.78 is 4.62. The summed E-state index contributed by atoms with van der Waals surface area (Å²) in [5.74, 6) is -0.930. The zero-order valence-electron chi connectivity index (χ0n) is 8.97. The first kappa shape index (κ1) is 12.0. The lowest BCUT2D eigenvalue weighted by Gasteiger charge is -2.15. The molecule has 0 fully saturated rings. The molecule has 1 aromatic rings. The standard InChI is InChI=1S/C12H13NO3/c1-3-10(14)13-11(12(15)16-2)9-7-5-4-6-8-9/h3-8,11H,1H2,2H3,(H,13,14)/t11-/m1/s1. The van der Waals surface area contributed by atoms with Crippen LogP contribution in [0, 0.1) is 0 Å². The van der Waals surface area contributed by atoms with E-state index in [9.17, 15) is 9.59 Å². The van der Waals surface area contributed by atoms with Gasteiger partial charge in [-0.3, -0.25) is 4.79 Å². The largest absolute Gasteiger partial charge is 0.467 e. The second-order valence-corrected chi connectivity index (χ2v) is 3.08. The van der Waals surface area contributed by atoms with E-state index >= 15 is 0 Å². The van der Waals surface area contributed by atoms with E-state index in [4.69, 9.17) is 0 Å². The maximum absolute atomic E-state index is 11.5. The van der Waals surface area contributed by atoms with Gasteiger partial charge in [0.2, 0.25) is 5.91 Å². The topological polar surface area (TPSA) is 55.4 Å². The van der Waals surface area contributed by atoms with Crippen LogP contribution in [0.5, 0.6) is 0 Å². The van der Waals surface area contributed by atoms with Crippen LogP contribution in [0.4, 0.5) is 0 Å². The predicted molar refractivity (Wildman–Crippen MR) is 59.5 cm³/mol. The lowest BCUT2D eigenvalue weighted by molar-refractivity contribution is -0.144. The average molecular weight is 219 g/mol. The Bertz CT molecular complexity index is 387. The minimum absolute atomic E-state index is 0.417. The molecule has 4 heteroatoms. The number of esters is 1. The van der Waals surface area contributed by atoms with Crippen LogP contribution in [0.2, 0.25) is 0 Å². The fraction of sp³-hybridized carbons (Fsp3) is 0.167. The van der Waals surface area contributed by atoms with Crippen molar-refractivity contribution in [3.63, 3.8) is 0 Å². The molecule has 1 rings (SSSR count). The molecule has 0 bridgehead atoms. The predicted octanol–water partition coefficient (Wildman–Crippen LogP) is 1.20. The van der Waals surface area contributed by atoms with Gasteiger partial charge in [-0.25, -0.2) is 4.79 Å². The molecule has 0 aromatic heterocycles. The van der Waals surface area contributed by atoms with Crippen LogP contribution in [0.15, 0.2) is 43.0 Å². The number of hydrogen-bond acceptors (Lipinski definition) is 3. The van der Waals surface area contributed by atoms with Gasteiger partial charge < -0.3 is 10.1 Å². The highest BCUT2D eigenvalue weighted by Gasteiger charge is 2.21. The minimum atomic E-state index is -0.795. The van der Waals surface area contributed by atoms with Gasteiger partial charge in [-0.05, 0) is 11.6 Å². The maximum atomic E-state index is 11.5. The van der Waals surface area contributed by atoms with Crippen molar-refractivity contribution in [3.05, 3.63) is 48.6 Å². The molecule has 1 aromatic carbocycles. The second-order valence-electron chi connectivity index (χ2n) is 3.08. The first-order valence-electron chi connectivity index (χ1n) is 4.74. The molecule has 0 heterocycles. The van der Waals surface area contributed by atoms with E-state index in [0.29, 0.717) is 5.56 Å². The van der Waals surface area contributed by atoms with Gasteiger partial charge in [-0.2, -0.15) is 0 Å². The number of carbonyl (C=O) groups is 2. The summed E-state index contributed by atoms with van der Waals surface area (Å²) in [6.45, 7) is 3.33. The number of hydrogen-bond donors (Lipinski definition) is 1. The summed E-state index contributed by atoms with van der Waals surface area (Å²) in [6.07, 6.45) is 1.11. The van der Waals surface area contributed by atoms with Crippen molar-refractivity contribution < 1.29 is 14.3 Å². The quantitative estimate of drug-likeness (QED) is 0.611. The van der Waals surface area contributed by atoms with Gasteiger partial charge in [0, 0.05) is 0 Å². The number of ether oxygens (including phenoxy) is 1. The van der Waals surface area contributed by atoms with Gasteiger partial charge in [0.1, 0.15) is 0 Å². The fourth-order valence-corrected chi connectivity index (χ4v) is 1.24. The van der Waals surface area contributed by atoms with Crippen molar-refractivity contribution in [1.82, 2.24) is 5.32 Å². The molecule has 1 atom stereocenters. The van der Waals surface area contributed by atoms with Crippen LogP contribution < -0.4 is 5.32 Å². The Morgan fingerprint density at radius 1 is 1.38 bits per heavy atom. The fourth-order valence-electron chi connectivity index (χ4n) is 1.24. The van der Waals surface area contributed by atoms with E-state index in [1.54, 1.807) is 24.3 Å². The second kappa shape index (κ2) is 5.70. The normalized spacial score (nSPS) is 11.3. The third-order valence-electron chi connectivity index (χ3n) is 2.04. The highest BCUT2D eigenvalue weighted by Crippen LogP contribution is 2.13. The van der Waals surface area contributed by atoms with E-state index in [1.807, 2.05) is 6.07 Å². The van der Waals surface area contributed by atoms with Gasteiger partial charge >= 0.3 is 5.97 Å². The summed E-state index contributed by atoms with van der Waals surface area (Å²) in [4.78, 5) is 22.7. The Hall–Kier alpha value is -2.10. The summed E-state index contributed by atoms with van der Waals surface area (Å²) >= 11 is 0. The van der Waals surface area contributed by atoms with Crippen molar-refractivity contribution in [1.29, 1.82) is 0 Å². The molecule has 0 saturated carbocycles. The van der Waals surface area contributed by atoms with Crippen molar-refractivity contribution >= 4 is 11.9 Å². The summed E-state index contributed by atoms with van der Waals surface area (Å²) in [5, 5.41) is 2.50. The molecule has 0 unspecified atom stereocenters. The van der Waals surface area contributed by atoms with Crippen molar-refractivity contribution in [2.45, 2.75) is 6.04 Å². The average Bonchev–Trinajstić information content (AvgIpc) is 2.35. The molecule has 0 saturated heterocycles. The molecule has 0 aliphatic heterocycles. The van der Waals surface area contributed by atoms with E-state index in [-0.39, 0.29) is 0 Å². The summed E-state index contributed by atoms with van der Waals surface area (Å²) in [5.41, 5.74) is 0.671. The number of benzene rings is 1. The summed E-state index contributed by atoms with van der Waals surface area (Å²) in [6, 6.07) is 8.08. The smallest absolute Gasteiger partial charge is 0.333 e. The number of amides is 1. The number of nitrogens with one attached hydrogen (secondary N) is 1. The number of methoxy groups -OCH3 is 1. The van der Waals surface area contributed by atoms with Gasteiger partial charge in [-0.1, -0.05) is 36.9 Å². The molecule has 1 N–H and O–H groups in total. The van der Waals surface area contributed by atoms with Crippen LogP contribution in [0.1, 0.15) is 11.6 Å². The molecule has 84 valence electrons. The molecule has 16 heavy (non-hydrogen) atoms. The third-order valence-corrected chi connectivity index (χ3v) is 2.04. The van der Waals surface area contributed by atoms with E-state index < -0.39 is 17.9 Å². The van der Waals surface area contributed by atoms with Crippen LogP contribution in [-0.2, 0) is 14.3 Å². The van der Waals surface area contributed by atoms with Crippen molar-refractivity contribution in [2.75, 3.05) is 7.11 Å². The molecule has 4 nitrogen and oxygen atoms in total. The Morgan fingerprint density at radius 2 is 2.00 bits per heavy atom. The molecule has 0 aliphatic carbocycles. The van der Waals surface area contributed by atoms with E-state index in [1.165, 1.54) is 7.11 Å². The van der Waals surface area contributed by atoms with E-state index in [0.717, 1.165) is 6.08 Å². The third kappa shape index (κ3) is 2.95. The first-order valence-corrected chi connectivity index (χ1v) is 4.74. The Labute approximate surface area is 93.9 Å². The van der Waals surface area contributed by atoms with Crippen LogP contribution in [0.25, 0.3) is 0 Å². The molecular weight excluding hydrogens is 206 g/mol. The molecule has 1 amide bonds. The molecule has 0 spiro atoms. The zero-order chi connectivity index (χ0) is 12.0. The van der Waals surface area contributed by atoms with Gasteiger partial charge in [0.15, 0.2) is 6.04 Å². The van der Waals surface area contributed by atoms with E-state index in [2.05, 4.69) is 16.6 Å². The van der Waals surface area contributed by atoms with Crippen LogP contribution >= 0.6 is 0 Å². The van der Waals surface area contributed by atoms with Crippen molar-refractivity contribution in [3.8, 4) is 0 Å². The monoisotopic (exact) mass is 219 g/mol. The van der Waals surface area contributed by atoms with Crippen molar-refractivity contribution in [2.24, 2.45) is 0 Å². The molecule has 0 aliphatic rings. The van der Waals surface area contributed by atoms with Crippen LogP contribution in [0.3, 0.4) is 0 Å². The van der Waals surface area contributed by atoms with Gasteiger partial charge in [0.25, 0.3) is 0 Å². The lowest BCUT2D eigenvalue weighted by atomic mass is 10.1. The molecular formula is C12H13NO3. The van der Waals surface area contributed by atoms with Crippen LogP contribution in [-0.4, -0.2) is 19.0 Å². The Kier molecular flexibility index (Phi) is 4.27. The minimum Gasteiger partial charge on any atom is -0.467 e.